The summed E-state index contributed by atoms with van der Waals surface area (Å²) in [4.78, 5) is 11.0. The van der Waals surface area contributed by atoms with Gasteiger partial charge in [-0.2, -0.15) is 8.78 Å². The standard InChI is InChI=1S/C13H16F2O4/c1-3-18-12(16)13(14,15)19-11-6-4-10(5-7-11)8-9-17-2/h4-7H,3,8-9H2,1-2H3. The molecule has 0 atom stereocenters. The van der Waals surface area contributed by atoms with Crippen LogP contribution in [0.4, 0.5) is 8.78 Å². The first-order valence-corrected chi connectivity index (χ1v) is 5.81. The SMILES string of the molecule is CCOC(=O)C(F)(F)Oc1ccc(CCOC)cc1. The van der Waals surface area contributed by atoms with Crippen molar-refractivity contribution in [3.05, 3.63) is 29.8 Å². The molecule has 0 radical (unpaired) electrons. The summed E-state index contributed by atoms with van der Waals surface area (Å²) in [6, 6.07) is 6.02. The second kappa shape index (κ2) is 7.04. The number of hydrogen-bond acceptors (Lipinski definition) is 4. The molecule has 6 heteroatoms. The lowest BCUT2D eigenvalue weighted by Crippen LogP contribution is -2.36. The maximum absolute atomic E-state index is 13.3. The van der Waals surface area contributed by atoms with Crippen LogP contribution in [0.5, 0.6) is 5.75 Å². The Kier molecular flexibility index (Phi) is 5.69. The van der Waals surface area contributed by atoms with Crippen LogP contribution in [0.1, 0.15) is 12.5 Å². The van der Waals surface area contributed by atoms with E-state index in [0.717, 1.165) is 5.56 Å². The largest absolute Gasteiger partial charge is 0.502 e. The molecule has 1 aromatic rings. The monoisotopic (exact) mass is 274 g/mol. The fraction of sp³-hybridized carbons (Fsp3) is 0.462. The lowest BCUT2D eigenvalue weighted by molar-refractivity contribution is -0.216. The molecular formula is C13H16F2O4. The second-order valence-corrected chi connectivity index (χ2v) is 3.73. The van der Waals surface area contributed by atoms with Gasteiger partial charge in [-0.05, 0) is 31.0 Å². The van der Waals surface area contributed by atoms with Crippen LogP contribution in [-0.2, 0) is 20.7 Å². The number of rotatable bonds is 7. The number of hydrogen-bond donors (Lipinski definition) is 0. The number of carbonyl (C=O) groups is 1. The van der Waals surface area contributed by atoms with Gasteiger partial charge in [0.25, 0.3) is 0 Å². The number of carbonyl (C=O) groups excluding carboxylic acids is 1. The van der Waals surface area contributed by atoms with Crippen molar-refractivity contribution in [1.29, 1.82) is 0 Å². The number of halogens is 2. The van der Waals surface area contributed by atoms with Crippen molar-refractivity contribution in [2.24, 2.45) is 0 Å². The molecular weight excluding hydrogens is 258 g/mol. The Morgan fingerprint density at radius 3 is 2.42 bits per heavy atom. The number of esters is 1. The first-order valence-electron chi connectivity index (χ1n) is 5.81. The van der Waals surface area contributed by atoms with E-state index in [1.165, 1.54) is 19.1 Å². The lowest BCUT2D eigenvalue weighted by Gasteiger charge is -2.16. The Bertz CT molecular complexity index is 404. The third-order valence-corrected chi connectivity index (χ3v) is 2.28. The van der Waals surface area contributed by atoms with Crippen molar-refractivity contribution < 1.29 is 27.8 Å². The van der Waals surface area contributed by atoms with Crippen LogP contribution in [-0.4, -0.2) is 32.4 Å². The summed E-state index contributed by atoms with van der Waals surface area (Å²) < 4.78 is 40.0. The average molecular weight is 274 g/mol. The van der Waals surface area contributed by atoms with Gasteiger partial charge in [-0.15, -0.1) is 0 Å². The summed E-state index contributed by atoms with van der Waals surface area (Å²) in [6.45, 7) is 1.85. The quantitative estimate of drug-likeness (QED) is 0.716. The van der Waals surface area contributed by atoms with Crippen molar-refractivity contribution in [3.8, 4) is 5.75 Å². The van der Waals surface area contributed by atoms with Crippen LogP contribution in [0, 0.1) is 0 Å². The molecule has 0 spiro atoms. The molecule has 19 heavy (non-hydrogen) atoms. The molecule has 0 fully saturated rings. The number of benzene rings is 1. The fourth-order valence-electron chi connectivity index (χ4n) is 1.35. The zero-order valence-electron chi connectivity index (χ0n) is 10.8. The molecule has 1 rings (SSSR count). The lowest BCUT2D eigenvalue weighted by atomic mass is 10.1. The normalized spacial score (nSPS) is 11.2. The molecule has 106 valence electrons. The van der Waals surface area contributed by atoms with Gasteiger partial charge < -0.3 is 14.2 Å². The summed E-state index contributed by atoms with van der Waals surface area (Å²) in [5, 5.41) is 0. The van der Waals surface area contributed by atoms with Gasteiger partial charge in [0.15, 0.2) is 0 Å². The highest BCUT2D eigenvalue weighted by molar-refractivity contribution is 5.76. The minimum atomic E-state index is -3.98. The summed E-state index contributed by atoms with van der Waals surface area (Å²) in [5.41, 5.74) is 0.925. The predicted octanol–water partition coefficient (Wildman–Crippen LogP) is 2.41. The molecule has 0 aliphatic rings. The Morgan fingerprint density at radius 2 is 1.89 bits per heavy atom. The van der Waals surface area contributed by atoms with E-state index in [9.17, 15) is 13.6 Å². The molecule has 0 unspecified atom stereocenters. The minimum absolute atomic E-state index is 0.0979. The fourth-order valence-corrected chi connectivity index (χ4v) is 1.35. The summed E-state index contributed by atoms with van der Waals surface area (Å²) in [5.74, 6) is -1.79. The van der Waals surface area contributed by atoms with E-state index in [4.69, 9.17) is 4.74 Å². The minimum Gasteiger partial charge on any atom is -0.459 e. The van der Waals surface area contributed by atoms with Gasteiger partial charge >= 0.3 is 12.1 Å². The van der Waals surface area contributed by atoms with Gasteiger partial charge in [-0.3, -0.25) is 0 Å². The molecule has 0 saturated heterocycles. The van der Waals surface area contributed by atoms with Crippen molar-refractivity contribution in [2.45, 2.75) is 19.5 Å². The van der Waals surface area contributed by atoms with E-state index in [1.54, 1.807) is 19.2 Å². The average Bonchev–Trinajstić information content (AvgIpc) is 2.38. The van der Waals surface area contributed by atoms with Crippen LogP contribution in [0.3, 0.4) is 0 Å². The van der Waals surface area contributed by atoms with E-state index in [1.807, 2.05) is 0 Å². The molecule has 0 heterocycles. The van der Waals surface area contributed by atoms with E-state index in [0.29, 0.717) is 13.0 Å². The predicted molar refractivity (Wildman–Crippen MR) is 64.2 cm³/mol. The molecule has 0 saturated carbocycles. The van der Waals surface area contributed by atoms with Crippen LogP contribution < -0.4 is 4.74 Å². The number of ether oxygens (including phenoxy) is 3. The van der Waals surface area contributed by atoms with Crippen molar-refractivity contribution in [1.82, 2.24) is 0 Å². The maximum atomic E-state index is 13.3. The molecule has 0 bridgehead atoms. The van der Waals surface area contributed by atoms with Crippen LogP contribution >= 0.6 is 0 Å². The zero-order chi connectivity index (χ0) is 14.3. The van der Waals surface area contributed by atoms with E-state index in [-0.39, 0.29) is 12.4 Å². The molecule has 0 aromatic heterocycles. The van der Waals surface area contributed by atoms with E-state index in [2.05, 4.69) is 9.47 Å². The molecule has 0 amide bonds. The van der Waals surface area contributed by atoms with Crippen LogP contribution in [0.15, 0.2) is 24.3 Å². The summed E-state index contributed by atoms with van der Waals surface area (Å²) in [6.07, 6.45) is -3.31. The first-order chi connectivity index (χ1) is 8.99. The number of methoxy groups -OCH3 is 1. The van der Waals surface area contributed by atoms with Gasteiger partial charge in [0, 0.05) is 7.11 Å². The summed E-state index contributed by atoms with van der Waals surface area (Å²) in [7, 11) is 1.58. The van der Waals surface area contributed by atoms with Crippen LogP contribution in [0.25, 0.3) is 0 Å². The summed E-state index contributed by atoms with van der Waals surface area (Å²) >= 11 is 0. The first kappa shape index (κ1) is 15.4. The highest BCUT2D eigenvalue weighted by Gasteiger charge is 2.44. The van der Waals surface area contributed by atoms with Gasteiger partial charge in [0.1, 0.15) is 5.75 Å². The Balaban J connectivity index is 2.64. The van der Waals surface area contributed by atoms with Gasteiger partial charge in [0.05, 0.1) is 13.2 Å². The Morgan fingerprint density at radius 1 is 1.26 bits per heavy atom. The topological polar surface area (TPSA) is 44.8 Å². The molecule has 0 aliphatic carbocycles. The number of alkyl halides is 2. The second-order valence-electron chi connectivity index (χ2n) is 3.73. The molecule has 0 aliphatic heterocycles. The molecule has 0 N–H and O–H groups in total. The van der Waals surface area contributed by atoms with Gasteiger partial charge in [-0.1, -0.05) is 12.1 Å². The Labute approximate surface area is 110 Å². The van der Waals surface area contributed by atoms with Crippen molar-refractivity contribution in [2.75, 3.05) is 20.3 Å². The van der Waals surface area contributed by atoms with Crippen LogP contribution in [0.2, 0.25) is 0 Å². The zero-order valence-corrected chi connectivity index (χ0v) is 10.8. The smallest absolute Gasteiger partial charge is 0.459 e. The van der Waals surface area contributed by atoms with Gasteiger partial charge in [-0.25, -0.2) is 4.79 Å². The van der Waals surface area contributed by atoms with Gasteiger partial charge in [0.2, 0.25) is 0 Å². The van der Waals surface area contributed by atoms with Crippen molar-refractivity contribution >= 4 is 5.97 Å². The van der Waals surface area contributed by atoms with E-state index >= 15 is 0 Å². The Hall–Kier alpha value is -1.69. The van der Waals surface area contributed by atoms with Crippen molar-refractivity contribution in [3.63, 3.8) is 0 Å². The highest BCUT2D eigenvalue weighted by atomic mass is 19.3. The molecule has 4 nitrogen and oxygen atoms in total. The third kappa shape index (κ3) is 4.82. The third-order valence-electron chi connectivity index (χ3n) is 2.28. The van der Waals surface area contributed by atoms with E-state index < -0.39 is 12.1 Å². The maximum Gasteiger partial charge on any atom is 0.502 e. The molecule has 1 aromatic carbocycles. The highest BCUT2D eigenvalue weighted by Crippen LogP contribution is 2.23.